The first-order chi connectivity index (χ1) is 9.86. The van der Waals surface area contributed by atoms with Crippen LogP contribution in [0.3, 0.4) is 0 Å². The number of nitrogens with zero attached hydrogens (tertiary/aromatic N) is 1. The van der Waals surface area contributed by atoms with E-state index in [2.05, 4.69) is 5.32 Å². The number of hydrogen-bond acceptors (Lipinski definition) is 3. The fourth-order valence-electron chi connectivity index (χ4n) is 2.38. The first kappa shape index (κ1) is 15.4. The molecule has 1 saturated heterocycles. The number of benzene rings is 1. The Hall–Kier alpha value is -2.04. The number of alkyl carbamates (subject to hydrolysis) is 1. The lowest BCUT2D eigenvalue weighted by Crippen LogP contribution is -2.44. The standard InChI is InChI=1S/C16H22N2O3/c1-16(2,3)18-10-13(9-14(18)19)17-15(20)21-11-12-7-5-4-6-8-12/h4-8,13H,9-11H2,1-3H3,(H,17,20). The Morgan fingerprint density at radius 1 is 1.33 bits per heavy atom. The maximum absolute atomic E-state index is 11.9. The molecule has 21 heavy (non-hydrogen) atoms. The van der Waals surface area contributed by atoms with E-state index in [0.717, 1.165) is 5.56 Å². The molecule has 1 aliphatic rings. The topological polar surface area (TPSA) is 58.6 Å². The minimum absolute atomic E-state index is 0.0656. The predicted molar refractivity (Wildman–Crippen MR) is 79.6 cm³/mol. The maximum Gasteiger partial charge on any atom is 0.407 e. The fourth-order valence-corrected chi connectivity index (χ4v) is 2.38. The second kappa shape index (κ2) is 6.16. The Labute approximate surface area is 125 Å². The van der Waals surface area contributed by atoms with Crippen molar-refractivity contribution in [2.75, 3.05) is 6.54 Å². The molecule has 0 radical (unpaired) electrons. The average molecular weight is 290 g/mol. The molecule has 5 nitrogen and oxygen atoms in total. The van der Waals surface area contributed by atoms with Crippen LogP contribution >= 0.6 is 0 Å². The van der Waals surface area contributed by atoms with E-state index in [9.17, 15) is 9.59 Å². The third kappa shape index (κ3) is 4.21. The first-order valence-electron chi connectivity index (χ1n) is 7.14. The molecular formula is C16H22N2O3. The van der Waals surface area contributed by atoms with Gasteiger partial charge in [0.1, 0.15) is 6.61 Å². The number of carbonyl (C=O) groups excluding carboxylic acids is 2. The molecule has 5 heteroatoms. The summed E-state index contributed by atoms with van der Waals surface area (Å²) in [5.41, 5.74) is 0.716. The van der Waals surface area contributed by atoms with E-state index in [1.807, 2.05) is 51.1 Å². The highest BCUT2D eigenvalue weighted by Gasteiger charge is 2.36. The Kier molecular flexibility index (Phi) is 4.50. The summed E-state index contributed by atoms with van der Waals surface area (Å²) in [6.07, 6.45) is -0.148. The van der Waals surface area contributed by atoms with Crippen LogP contribution in [0.4, 0.5) is 4.79 Å². The predicted octanol–water partition coefficient (Wildman–Crippen LogP) is 2.31. The molecule has 0 bridgehead atoms. The third-order valence-electron chi connectivity index (χ3n) is 3.47. The van der Waals surface area contributed by atoms with E-state index in [-0.39, 0.29) is 24.1 Å². The van der Waals surface area contributed by atoms with Crippen molar-refractivity contribution in [3.8, 4) is 0 Å². The zero-order valence-electron chi connectivity index (χ0n) is 12.8. The summed E-state index contributed by atoms with van der Waals surface area (Å²) in [5, 5.41) is 2.76. The summed E-state index contributed by atoms with van der Waals surface area (Å²) < 4.78 is 5.17. The summed E-state index contributed by atoms with van der Waals surface area (Å²) in [4.78, 5) is 25.5. The molecule has 1 unspecified atom stereocenters. The highest BCUT2D eigenvalue weighted by molar-refractivity contribution is 5.81. The Morgan fingerprint density at radius 3 is 2.57 bits per heavy atom. The number of hydrogen-bond donors (Lipinski definition) is 1. The monoisotopic (exact) mass is 290 g/mol. The van der Waals surface area contributed by atoms with Gasteiger partial charge in [-0.2, -0.15) is 0 Å². The summed E-state index contributed by atoms with van der Waals surface area (Å²) >= 11 is 0. The molecule has 1 aliphatic heterocycles. The van der Waals surface area contributed by atoms with Crippen molar-refractivity contribution >= 4 is 12.0 Å². The number of ether oxygens (including phenoxy) is 1. The van der Waals surface area contributed by atoms with E-state index in [1.54, 1.807) is 4.90 Å². The third-order valence-corrected chi connectivity index (χ3v) is 3.47. The van der Waals surface area contributed by atoms with Crippen molar-refractivity contribution in [2.45, 2.75) is 45.4 Å². The van der Waals surface area contributed by atoms with Crippen LogP contribution in [-0.4, -0.2) is 35.0 Å². The largest absolute Gasteiger partial charge is 0.445 e. The number of nitrogens with one attached hydrogen (secondary N) is 1. The Morgan fingerprint density at radius 2 is 2.00 bits per heavy atom. The van der Waals surface area contributed by atoms with Gasteiger partial charge in [0.2, 0.25) is 5.91 Å². The molecule has 0 spiro atoms. The van der Waals surface area contributed by atoms with Crippen LogP contribution in [-0.2, 0) is 16.1 Å². The second-order valence-electron chi connectivity index (χ2n) is 6.28. The van der Waals surface area contributed by atoms with E-state index in [4.69, 9.17) is 4.74 Å². The van der Waals surface area contributed by atoms with E-state index >= 15 is 0 Å². The quantitative estimate of drug-likeness (QED) is 0.929. The first-order valence-corrected chi connectivity index (χ1v) is 7.14. The summed E-state index contributed by atoms with van der Waals surface area (Å²) in [5.74, 6) is 0.0656. The Balaban J connectivity index is 1.80. The van der Waals surface area contributed by atoms with Crippen LogP contribution in [0, 0.1) is 0 Å². The molecule has 1 aromatic rings. The molecule has 1 heterocycles. The molecule has 114 valence electrons. The van der Waals surface area contributed by atoms with Gasteiger partial charge in [-0.05, 0) is 26.3 Å². The molecular weight excluding hydrogens is 268 g/mol. The molecule has 2 rings (SSSR count). The van der Waals surface area contributed by atoms with Crippen molar-refractivity contribution in [2.24, 2.45) is 0 Å². The minimum Gasteiger partial charge on any atom is -0.445 e. The van der Waals surface area contributed by atoms with Crippen LogP contribution in [0.1, 0.15) is 32.8 Å². The van der Waals surface area contributed by atoms with Crippen molar-refractivity contribution in [1.82, 2.24) is 10.2 Å². The van der Waals surface area contributed by atoms with Crippen LogP contribution in [0.25, 0.3) is 0 Å². The molecule has 1 fully saturated rings. The van der Waals surface area contributed by atoms with Crippen LogP contribution in [0.5, 0.6) is 0 Å². The highest BCUT2D eigenvalue weighted by atomic mass is 16.5. The summed E-state index contributed by atoms with van der Waals surface area (Å²) in [6, 6.07) is 9.32. The SMILES string of the molecule is CC(C)(C)N1CC(NC(=O)OCc2ccccc2)CC1=O. The lowest BCUT2D eigenvalue weighted by Gasteiger charge is -2.32. The second-order valence-corrected chi connectivity index (χ2v) is 6.28. The van der Waals surface area contributed by atoms with Gasteiger partial charge in [0, 0.05) is 18.5 Å². The minimum atomic E-state index is -0.479. The molecule has 1 N–H and O–H groups in total. The van der Waals surface area contributed by atoms with Crippen molar-refractivity contribution in [1.29, 1.82) is 0 Å². The van der Waals surface area contributed by atoms with Gasteiger partial charge in [-0.15, -0.1) is 0 Å². The molecule has 0 saturated carbocycles. The van der Waals surface area contributed by atoms with Gasteiger partial charge >= 0.3 is 6.09 Å². The van der Waals surface area contributed by atoms with Gasteiger partial charge in [-0.25, -0.2) is 4.79 Å². The number of likely N-dealkylation sites (tertiary alicyclic amines) is 1. The highest BCUT2D eigenvalue weighted by Crippen LogP contribution is 2.21. The number of rotatable bonds is 3. The Bertz CT molecular complexity index is 508. The number of amides is 2. The van der Waals surface area contributed by atoms with Gasteiger partial charge in [0.05, 0.1) is 6.04 Å². The summed E-state index contributed by atoms with van der Waals surface area (Å²) in [7, 11) is 0. The van der Waals surface area contributed by atoms with E-state index in [1.165, 1.54) is 0 Å². The summed E-state index contributed by atoms with van der Waals surface area (Å²) in [6.45, 7) is 6.72. The van der Waals surface area contributed by atoms with Crippen LogP contribution in [0.15, 0.2) is 30.3 Å². The van der Waals surface area contributed by atoms with Crippen LogP contribution < -0.4 is 5.32 Å². The average Bonchev–Trinajstić information content (AvgIpc) is 2.78. The lowest BCUT2D eigenvalue weighted by atomic mass is 10.1. The van der Waals surface area contributed by atoms with Gasteiger partial charge in [0.15, 0.2) is 0 Å². The van der Waals surface area contributed by atoms with Crippen molar-refractivity contribution < 1.29 is 14.3 Å². The molecule has 1 aromatic carbocycles. The van der Waals surface area contributed by atoms with E-state index < -0.39 is 6.09 Å². The van der Waals surface area contributed by atoms with Crippen molar-refractivity contribution in [3.63, 3.8) is 0 Å². The maximum atomic E-state index is 11.9. The zero-order chi connectivity index (χ0) is 15.5. The molecule has 0 aliphatic carbocycles. The van der Waals surface area contributed by atoms with E-state index in [0.29, 0.717) is 13.0 Å². The smallest absolute Gasteiger partial charge is 0.407 e. The normalized spacial score (nSPS) is 18.7. The van der Waals surface area contributed by atoms with Gasteiger partial charge in [-0.3, -0.25) is 4.79 Å². The number of carbonyl (C=O) groups is 2. The van der Waals surface area contributed by atoms with Crippen molar-refractivity contribution in [3.05, 3.63) is 35.9 Å². The zero-order valence-corrected chi connectivity index (χ0v) is 12.8. The molecule has 0 aromatic heterocycles. The van der Waals surface area contributed by atoms with Gasteiger partial charge in [-0.1, -0.05) is 30.3 Å². The fraction of sp³-hybridized carbons (Fsp3) is 0.500. The molecule has 2 amide bonds. The van der Waals surface area contributed by atoms with Crippen LogP contribution in [0.2, 0.25) is 0 Å². The molecule has 1 atom stereocenters. The lowest BCUT2D eigenvalue weighted by molar-refractivity contribution is -0.131. The van der Waals surface area contributed by atoms with Gasteiger partial charge < -0.3 is 15.0 Å². The van der Waals surface area contributed by atoms with Gasteiger partial charge in [0.25, 0.3) is 0 Å².